The van der Waals surface area contributed by atoms with E-state index >= 15 is 0 Å². The van der Waals surface area contributed by atoms with Gasteiger partial charge in [-0.25, -0.2) is 4.98 Å². The molecule has 166 valence electrons. The molecule has 2 aromatic heterocycles. The standard InChI is InChI=1S/C27H26N4O2/c1-33-23-8-2-5-18(13-23)19-9-10-20-15-25(21-6-3-11-29-16-21)30-27(24(20)14-19)31-12-4-7-22(17-31)26(28)32/h2-3,5-6,8-11,13-16,22H,4,7,12,17H2,1H3,(H2,28,32). The van der Waals surface area contributed by atoms with Crippen molar-refractivity contribution in [2.75, 3.05) is 25.1 Å². The van der Waals surface area contributed by atoms with Gasteiger partial charge >= 0.3 is 0 Å². The van der Waals surface area contributed by atoms with E-state index in [0.717, 1.165) is 64.1 Å². The third-order valence-corrected chi connectivity index (χ3v) is 6.30. The fraction of sp³-hybridized carbons (Fsp3) is 0.222. The summed E-state index contributed by atoms with van der Waals surface area (Å²) in [4.78, 5) is 23.5. The number of nitrogens with two attached hydrogens (primary N) is 1. The Balaban J connectivity index is 1.66. The number of pyridine rings is 2. The van der Waals surface area contributed by atoms with Crippen LogP contribution in [0.3, 0.4) is 0 Å². The predicted molar refractivity (Wildman–Crippen MR) is 131 cm³/mol. The zero-order chi connectivity index (χ0) is 22.8. The molecule has 1 unspecified atom stereocenters. The zero-order valence-electron chi connectivity index (χ0n) is 18.6. The molecule has 1 atom stereocenters. The van der Waals surface area contributed by atoms with Gasteiger partial charge < -0.3 is 15.4 Å². The second-order valence-electron chi connectivity index (χ2n) is 8.43. The molecule has 5 rings (SSSR count). The van der Waals surface area contributed by atoms with E-state index in [4.69, 9.17) is 15.5 Å². The Kier molecular flexibility index (Phi) is 5.65. The number of benzene rings is 2. The molecule has 1 saturated heterocycles. The molecule has 4 aromatic rings. The molecule has 2 N–H and O–H groups in total. The molecule has 33 heavy (non-hydrogen) atoms. The highest BCUT2D eigenvalue weighted by molar-refractivity contribution is 5.98. The van der Waals surface area contributed by atoms with Crippen molar-refractivity contribution in [3.05, 3.63) is 73.1 Å². The van der Waals surface area contributed by atoms with Crippen molar-refractivity contribution in [1.82, 2.24) is 9.97 Å². The number of amides is 1. The van der Waals surface area contributed by atoms with Crippen molar-refractivity contribution in [2.24, 2.45) is 11.7 Å². The maximum Gasteiger partial charge on any atom is 0.222 e. The maximum absolute atomic E-state index is 11.9. The van der Waals surface area contributed by atoms with E-state index in [1.165, 1.54) is 0 Å². The first-order valence-corrected chi connectivity index (χ1v) is 11.2. The van der Waals surface area contributed by atoms with E-state index in [1.807, 2.05) is 36.5 Å². The van der Waals surface area contributed by atoms with Crippen molar-refractivity contribution >= 4 is 22.5 Å². The SMILES string of the molecule is COc1cccc(-c2ccc3cc(-c4cccnc4)nc(N4CCCC(C(N)=O)C4)c3c2)c1. The van der Waals surface area contributed by atoms with Gasteiger partial charge in [0.05, 0.1) is 18.7 Å². The van der Waals surface area contributed by atoms with Gasteiger partial charge in [0.2, 0.25) is 5.91 Å². The lowest BCUT2D eigenvalue weighted by Gasteiger charge is -2.33. The molecule has 6 nitrogen and oxygen atoms in total. The summed E-state index contributed by atoms with van der Waals surface area (Å²) in [5.41, 5.74) is 9.64. The highest BCUT2D eigenvalue weighted by Gasteiger charge is 2.26. The van der Waals surface area contributed by atoms with Crippen LogP contribution in [-0.2, 0) is 4.79 Å². The molecule has 0 aliphatic carbocycles. The van der Waals surface area contributed by atoms with Crippen LogP contribution in [0.2, 0.25) is 0 Å². The lowest BCUT2D eigenvalue weighted by Crippen LogP contribution is -2.41. The molecule has 6 heteroatoms. The molecule has 1 fully saturated rings. The van der Waals surface area contributed by atoms with Gasteiger partial charge in [0.1, 0.15) is 11.6 Å². The maximum atomic E-state index is 11.9. The lowest BCUT2D eigenvalue weighted by atomic mass is 9.96. The number of hydrogen-bond acceptors (Lipinski definition) is 5. The van der Waals surface area contributed by atoms with Crippen LogP contribution < -0.4 is 15.4 Å². The second-order valence-corrected chi connectivity index (χ2v) is 8.43. The molecule has 2 aromatic carbocycles. The van der Waals surface area contributed by atoms with Crippen LogP contribution in [0.1, 0.15) is 12.8 Å². The number of fused-ring (bicyclic) bond motifs is 1. The van der Waals surface area contributed by atoms with E-state index in [9.17, 15) is 4.79 Å². The van der Waals surface area contributed by atoms with E-state index < -0.39 is 0 Å². The number of piperidine rings is 1. The first kappa shape index (κ1) is 20.9. The van der Waals surface area contributed by atoms with Gasteiger partial charge in [0.15, 0.2) is 0 Å². The number of nitrogens with zero attached hydrogens (tertiary/aromatic N) is 3. The smallest absolute Gasteiger partial charge is 0.222 e. The lowest BCUT2D eigenvalue weighted by molar-refractivity contribution is -0.122. The zero-order valence-corrected chi connectivity index (χ0v) is 18.6. The Hall–Kier alpha value is -3.93. The average Bonchev–Trinajstić information content (AvgIpc) is 2.88. The van der Waals surface area contributed by atoms with Crippen molar-refractivity contribution in [3.63, 3.8) is 0 Å². The Morgan fingerprint density at radius 1 is 1.06 bits per heavy atom. The number of ether oxygens (including phenoxy) is 1. The summed E-state index contributed by atoms with van der Waals surface area (Å²) in [7, 11) is 1.67. The Bertz CT molecular complexity index is 1310. The number of anilines is 1. The molecular formula is C27H26N4O2. The summed E-state index contributed by atoms with van der Waals surface area (Å²) in [6.45, 7) is 1.42. The van der Waals surface area contributed by atoms with Crippen LogP contribution in [0, 0.1) is 5.92 Å². The fourth-order valence-corrected chi connectivity index (χ4v) is 4.52. The molecule has 1 aliphatic heterocycles. The molecule has 0 spiro atoms. The predicted octanol–water partition coefficient (Wildman–Crippen LogP) is 4.67. The number of methoxy groups -OCH3 is 1. The minimum absolute atomic E-state index is 0.167. The van der Waals surface area contributed by atoms with Crippen molar-refractivity contribution in [3.8, 4) is 28.1 Å². The topological polar surface area (TPSA) is 81.3 Å². The van der Waals surface area contributed by atoms with Crippen LogP contribution in [-0.4, -0.2) is 36.1 Å². The summed E-state index contributed by atoms with van der Waals surface area (Å²) in [5.74, 6) is 1.28. The normalized spacial score (nSPS) is 16.0. The summed E-state index contributed by atoms with van der Waals surface area (Å²) in [6, 6.07) is 20.5. The first-order valence-electron chi connectivity index (χ1n) is 11.2. The fourth-order valence-electron chi connectivity index (χ4n) is 4.52. The number of rotatable bonds is 5. The molecule has 0 radical (unpaired) electrons. The Morgan fingerprint density at radius 2 is 1.91 bits per heavy atom. The molecule has 0 bridgehead atoms. The third-order valence-electron chi connectivity index (χ3n) is 6.30. The summed E-state index contributed by atoms with van der Waals surface area (Å²) in [6.07, 6.45) is 5.31. The Labute approximate surface area is 193 Å². The van der Waals surface area contributed by atoms with Gasteiger partial charge in [-0.15, -0.1) is 0 Å². The van der Waals surface area contributed by atoms with Crippen molar-refractivity contribution in [1.29, 1.82) is 0 Å². The number of primary amides is 1. The Morgan fingerprint density at radius 3 is 2.70 bits per heavy atom. The summed E-state index contributed by atoms with van der Waals surface area (Å²) >= 11 is 0. The molecule has 3 heterocycles. The number of carbonyl (C=O) groups is 1. The third kappa shape index (κ3) is 4.24. The van der Waals surface area contributed by atoms with Gasteiger partial charge in [-0.1, -0.05) is 24.3 Å². The van der Waals surface area contributed by atoms with Gasteiger partial charge in [-0.05, 0) is 65.8 Å². The summed E-state index contributed by atoms with van der Waals surface area (Å²) < 4.78 is 5.41. The van der Waals surface area contributed by atoms with Crippen molar-refractivity contribution < 1.29 is 9.53 Å². The largest absolute Gasteiger partial charge is 0.497 e. The molecule has 0 saturated carbocycles. The summed E-state index contributed by atoms with van der Waals surface area (Å²) in [5, 5.41) is 2.14. The molecule has 1 aliphatic rings. The minimum Gasteiger partial charge on any atom is -0.497 e. The van der Waals surface area contributed by atoms with E-state index in [0.29, 0.717) is 6.54 Å². The molecular weight excluding hydrogens is 412 g/mol. The van der Waals surface area contributed by atoms with Crippen LogP contribution in [0.25, 0.3) is 33.2 Å². The van der Waals surface area contributed by atoms with E-state index in [-0.39, 0.29) is 11.8 Å². The van der Waals surface area contributed by atoms with Crippen LogP contribution in [0.5, 0.6) is 5.75 Å². The van der Waals surface area contributed by atoms with Crippen LogP contribution in [0.4, 0.5) is 5.82 Å². The van der Waals surface area contributed by atoms with Crippen LogP contribution in [0.15, 0.2) is 73.1 Å². The van der Waals surface area contributed by atoms with Gasteiger partial charge in [-0.3, -0.25) is 9.78 Å². The average molecular weight is 439 g/mol. The molecule has 1 amide bonds. The van der Waals surface area contributed by atoms with Gasteiger partial charge in [-0.2, -0.15) is 0 Å². The van der Waals surface area contributed by atoms with Crippen LogP contribution >= 0.6 is 0 Å². The number of carbonyl (C=O) groups excluding carboxylic acids is 1. The highest BCUT2D eigenvalue weighted by Crippen LogP contribution is 2.35. The highest BCUT2D eigenvalue weighted by atomic mass is 16.5. The second kappa shape index (κ2) is 8.90. The minimum atomic E-state index is -0.246. The van der Waals surface area contributed by atoms with Gasteiger partial charge in [0.25, 0.3) is 0 Å². The van der Waals surface area contributed by atoms with E-state index in [2.05, 4.69) is 40.2 Å². The first-order chi connectivity index (χ1) is 16.1. The number of aromatic nitrogens is 2. The van der Waals surface area contributed by atoms with Gasteiger partial charge in [0, 0.05) is 36.4 Å². The quantitative estimate of drug-likeness (QED) is 0.490. The van der Waals surface area contributed by atoms with Crippen molar-refractivity contribution in [2.45, 2.75) is 12.8 Å². The number of hydrogen-bond donors (Lipinski definition) is 1. The monoisotopic (exact) mass is 438 g/mol. The van der Waals surface area contributed by atoms with E-state index in [1.54, 1.807) is 13.3 Å².